The smallest absolute Gasteiger partial charge is 0.139 e. The Labute approximate surface area is 133 Å². The minimum Gasteiger partial charge on any atom is -0.299 e. The Morgan fingerprint density at radius 1 is 0.810 bits per heavy atom. The molecule has 1 nitrogen and oxygen atoms in total. The molecule has 1 atom stereocenters. The van der Waals surface area contributed by atoms with Gasteiger partial charge in [-0.1, -0.05) is 54.9 Å². The van der Waals surface area contributed by atoms with Gasteiger partial charge in [0.25, 0.3) is 0 Å². The number of hydrogen-bond donors (Lipinski definition) is 0. The Bertz CT molecular complexity index is 343. The number of rotatable bonds is 7. The number of ketones is 1. The first-order chi connectivity index (χ1) is 9.95. The maximum atomic E-state index is 13.2. The fourth-order valence-corrected chi connectivity index (χ4v) is 6.74. The maximum absolute atomic E-state index is 13.2. The minimum absolute atomic E-state index is 0.0891. The van der Waals surface area contributed by atoms with E-state index < -0.39 is 0 Å². The summed E-state index contributed by atoms with van der Waals surface area (Å²) >= 11 is 0. The van der Waals surface area contributed by atoms with Crippen molar-refractivity contribution in [2.24, 2.45) is 22.2 Å². The molecule has 0 aromatic rings. The highest BCUT2D eigenvalue weighted by Gasteiger charge is 2.65. The molecule has 124 valence electrons. The topological polar surface area (TPSA) is 17.1 Å². The van der Waals surface area contributed by atoms with Crippen LogP contribution >= 0.6 is 0 Å². The molecule has 1 aliphatic carbocycles. The fourth-order valence-electron chi connectivity index (χ4n) is 6.74. The third kappa shape index (κ3) is 2.13. The monoisotopic (exact) mass is 294 g/mol. The second kappa shape index (κ2) is 6.84. The van der Waals surface area contributed by atoms with Gasteiger partial charge in [-0.2, -0.15) is 0 Å². The van der Waals surface area contributed by atoms with Gasteiger partial charge in [-0.05, 0) is 55.3 Å². The second-order valence-corrected chi connectivity index (χ2v) is 7.17. The van der Waals surface area contributed by atoms with E-state index in [1.807, 2.05) is 0 Å². The normalized spacial score (nSPS) is 26.8. The van der Waals surface area contributed by atoms with Crippen molar-refractivity contribution in [3.05, 3.63) is 0 Å². The summed E-state index contributed by atoms with van der Waals surface area (Å²) in [6, 6.07) is 0. The van der Waals surface area contributed by atoms with Crippen LogP contribution in [0.2, 0.25) is 0 Å². The van der Waals surface area contributed by atoms with E-state index >= 15 is 0 Å². The first kappa shape index (κ1) is 18.7. The highest BCUT2D eigenvalue weighted by molar-refractivity contribution is 5.87. The van der Waals surface area contributed by atoms with Crippen LogP contribution in [-0.4, -0.2) is 5.78 Å². The molecular weight excluding hydrogens is 256 g/mol. The standard InChI is InChI=1S/C20H38O/c1-8-16-15-17(21)19(11-4,12-5)20(13-6,14-7)18(16,9-2)10-3/h16H,8-15H2,1-7H3. The fraction of sp³-hybridized carbons (Fsp3) is 0.950. The van der Waals surface area contributed by atoms with Gasteiger partial charge in [-0.3, -0.25) is 4.79 Å². The van der Waals surface area contributed by atoms with Gasteiger partial charge in [0, 0.05) is 11.8 Å². The summed E-state index contributed by atoms with van der Waals surface area (Å²) in [6.45, 7) is 16.2. The lowest BCUT2D eigenvalue weighted by molar-refractivity contribution is -0.187. The molecule has 1 aliphatic rings. The zero-order valence-electron chi connectivity index (χ0n) is 15.6. The van der Waals surface area contributed by atoms with Crippen LogP contribution in [-0.2, 0) is 4.79 Å². The molecule has 1 heteroatoms. The first-order valence-electron chi connectivity index (χ1n) is 9.48. The van der Waals surface area contributed by atoms with Gasteiger partial charge in [0.15, 0.2) is 0 Å². The van der Waals surface area contributed by atoms with Gasteiger partial charge in [0.05, 0.1) is 0 Å². The van der Waals surface area contributed by atoms with Crippen molar-refractivity contribution in [2.75, 3.05) is 0 Å². The maximum Gasteiger partial charge on any atom is 0.139 e. The summed E-state index contributed by atoms with van der Waals surface area (Å²) in [6.07, 6.45) is 8.74. The third-order valence-electron chi connectivity index (χ3n) is 7.78. The molecule has 0 aromatic carbocycles. The van der Waals surface area contributed by atoms with Crippen LogP contribution in [0.15, 0.2) is 0 Å². The van der Waals surface area contributed by atoms with Crippen LogP contribution < -0.4 is 0 Å². The zero-order chi connectivity index (χ0) is 16.3. The molecule has 0 amide bonds. The number of carbonyl (C=O) groups excluding carboxylic acids is 1. The molecule has 1 unspecified atom stereocenters. The van der Waals surface area contributed by atoms with Crippen molar-refractivity contribution in [3.8, 4) is 0 Å². The lowest BCUT2D eigenvalue weighted by Gasteiger charge is -2.66. The van der Waals surface area contributed by atoms with Gasteiger partial charge in [0.1, 0.15) is 5.78 Å². The number of Topliss-reactive ketones (excluding diaryl/α,β-unsaturated/α-hetero) is 1. The lowest BCUT2D eigenvalue weighted by Crippen LogP contribution is -2.63. The van der Waals surface area contributed by atoms with Crippen LogP contribution in [0.25, 0.3) is 0 Å². The summed E-state index contributed by atoms with van der Waals surface area (Å²) < 4.78 is 0. The third-order valence-corrected chi connectivity index (χ3v) is 7.78. The predicted octanol–water partition coefficient (Wildman–Crippen LogP) is 6.40. The molecule has 1 saturated carbocycles. The Hall–Kier alpha value is -0.330. The molecule has 0 aromatic heterocycles. The highest BCUT2D eigenvalue weighted by atomic mass is 16.1. The van der Waals surface area contributed by atoms with E-state index in [2.05, 4.69) is 48.5 Å². The van der Waals surface area contributed by atoms with Gasteiger partial charge in [-0.25, -0.2) is 0 Å². The van der Waals surface area contributed by atoms with Crippen molar-refractivity contribution < 1.29 is 4.79 Å². The Morgan fingerprint density at radius 3 is 1.57 bits per heavy atom. The van der Waals surface area contributed by atoms with E-state index in [-0.39, 0.29) is 10.8 Å². The van der Waals surface area contributed by atoms with Crippen LogP contribution in [0.1, 0.15) is 99.8 Å². The van der Waals surface area contributed by atoms with Crippen molar-refractivity contribution in [3.63, 3.8) is 0 Å². The second-order valence-electron chi connectivity index (χ2n) is 7.17. The molecule has 0 bridgehead atoms. The predicted molar refractivity (Wildman–Crippen MR) is 92.5 cm³/mol. The number of hydrogen-bond acceptors (Lipinski definition) is 1. The number of carbonyl (C=O) groups is 1. The van der Waals surface area contributed by atoms with Gasteiger partial charge in [0.2, 0.25) is 0 Å². The molecule has 0 heterocycles. The minimum atomic E-state index is -0.0891. The highest BCUT2D eigenvalue weighted by Crippen LogP contribution is 2.69. The molecule has 1 fully saturated rings. The molecule has 0 N–H and O–H groups in total. The van der Waals surface area contributed by atoms with Gasteiger partial charge >= 0.3 is 0 Å². The molecule has 21 heavy (non-hydrogen) atoms. The van der Waals surface area contributed by atoms with Crippen LogP contribution in [0.3, 0.4) is 0 Å². The largest absolute Gasteiger partial charge is 0.299 e. The summed E-state index contributed by atoms with van der Waals surface area (Å²) in [5, 5.41) is 0. The first-order valence-corrected chi connectivity index (χ1v) is 9.48. The van der Waals surface area contributed by atoms with Gasteiger partial charge in [-0.15, -0.1) is 0 Å². The lowest BCUT2D eigenvalue weighted by atomic mass is 9.37. The molecule has 0 aliphatic heterocycles. The Morgan fingerprint density at radius 2 is 1.29 bits per heavy atom. The van der Waals surface area contributed by atoms with E-state index in [0.717, 1.165) is 38.5 Å². The molecule has 0 spiro atoms. The average Bonchev–Trinajstić information content (AvgIpc) is 2.53. The van der Waals surface area contributed by atoms with Crippen molar-refractivity contribution in [1.82, 2.24) is 0 Å². The van der Waals surface area contributed by atoms with Crippen molar-refractivity contribution in [2.45, 2.75) is 99.8 Å². The summed E-state index contributed by atoms with van der Waals surface area (Å²) in [7, 11) is 0. The van der Waals surface area contributed by atoms with Crippen molar-refractivity contribution >= 4 is 5.78 Å². The quantitative estimate of drug-likeness (QED) is 0.530. The Kier molecular flexibility index (Phi) is 6.09. The van der Waals surface area contributed by atoms with E-state index in [1.54, 1.807) is 0 Å². The molecule has 1 rings (SSSR count). The van der Waals surface area contributed by atoms with E-state index in [9.17, 15) is 4.79 Å². The SMILES string of the molecule is CCC1CC(=O)C(CC)(CC)C(CC)(CC)C1(CC)CC. The van der Waals surface area contributed by atoms with E-state index in [4.69, 9.17) is 0 Å². The summed E-state index contributed by atoms with van der Waals surface area (Å²) in [5.74, 6) is 1.15. The van der Waals surface area contributed by atoms with Gasteiger partial charge < -0.3 is 0 Å². The molecule has 0 saturated heterocycles. The zero-order valence-corrected chi connectivity index (χ0v) is 15.6. The van der Waals surface area contributed by atoms with Crippen LogP contribution in [0.4, 0.5) is 0 Å². The summed E-state index contributed by atoms with van der Waals surface area (Å²) in [5.41, 5.74) is 0.433. The Balaban J connectivity index is 3.67. The van der Waals surface area contributed by atoms with Crippen LogP contribution in [0, 0.1) is 22.2 Å². The summed E-state index contributed by atoms with van der Waals surface area (Å²) in [4.78, 5) is 13.2. The molecular formula is C20H38O. The van der Waals surface area contributed by atoms with E-state index in [1.165, 1.54) is 12.8 Å². The average molecular weight is 295 g/mol. The molecule has 0 radical (unpaired) electrons. The van der Waals surface area contributed by atoms with Crippen LogP contribution in [0.5, 0.6) is 0 Å². The van der Waals surface area contributed by atoms with Crippen molar-refractivity contribution in [1.29, 1.82) is 0 Å². The van der Waals surface area contributed by atoms with E-state index in [0.29, 0.717) is 17.1 Å².